The van der Waals surface area contributed by atoms with E-state index in [0.717, 1.165) is 30.4 Å². The first-order valence-corrected chi connectivity index (χ1v) is 6.10. The van der Waals surface area contributed by atoms with Crippen LogP contribution in [0.3, 0.4) is 0 Å². The summed E-state index contributed by atoms with van der Waals surface area (Å²) in [6.07, 6.45) is 7.14. The minimum atomic E-state index is -0.0359. The fraction of sp³-hybridized carbons (Fsp3) is 0.462. The van der Waals surface area contributed by atoms with Gasteiger partial charge in [-0.15, -0.1) is 0 Å². The molecule has 0 spiro atoms. The third-order valence-corrected chi connectivity index (χ3v) is 3.80. The Kier molecular flexibility index (Phi) is 2.61. The minimum Gasteiger partial charge on any atom is -0.394 e. The first kappa shape index (κ1) is 10.7. The number of nitrogens with zero attached hydrogens (tertiary/aromatic N) is 1. The second-order valence-corrected chi connectivity index (χ2v) is 4.86. The van der Waals surface area contributed by atoms with Gasteiger partial charge >= 0.3 is 0 Å². The summed E-state index contributed by atoms with van der Waals surface area (Å²) in [5, 5.41) is 14.0. The SMILES string of the molecule is OCC1(NCc2c[nH]c3ncccc23)CCC1. The normalized spacial score (nSPS) is 18.2. The van der Waals surface area contributed by atoms with E-state index in [1.807, 2.05) is 12.3 Å². The van der Waals surface area contributed by atoms with Gasteiger partial charge in [0.05, 0.1) is 6.61 Å². The Labute approximate surface area is 100 Å². The topological polar surface area (TPSA) is 60.9 Å². The number of H-pyrrole nitrogens is 1. The number of hydrogen-bond donors (Lipinski definition) is 3. The highest BCUT2D eigenvalue weighted by Gasteiger charge is 2.35. The van der Waals surface area contributed by atoms with E-state index < -0.39 is 0 Å². The van der Waals surface area contributed by atoms with E-state index in [0.29, 0.717) is 0 Å². The molecule has 2 aromatic rings. The molecule has 0 bridgehead atoms. The number of nitrogens with one attached hydrogen (secondary N) is 2. The molecule has 1 fully saturated rings. The van der Waals surface area contributed by atoms with Crippen molar-refractivity contribution in [1.82, 2.24) is 15.3 Å². The van der Waals surface area contributed by atoms with Gasteiger partial charge in [0.25, 0.3) is 0 Å². The van der Waals surface area contributed by atoms with Crippen LogP contribution in [-0.4, -0.2) is 27.2 Å². The first-order valence-electron chi connectivity index (χ1n) is 6.10. The van der Waals surface area contributed by atoms with Crippen LogP contribution in [0.1, 0.15) is 24.8 Å². The standard InChI is InChI=1S/C13H17N3O/c17-9-13(4-2-5-13)16-8-10-7-15-12-11(10)3-1-6-14-12/h1,3,6-7,16-17H,2,4-5,8-9H2,(H,14,15). The van der Waals surface area contributed by atoms with Crippen molar-refractivity contribution in [3.63, 3.8) is 0 Å². The van der Waals surface area contributed by atoms with Crippen molar-refractivity contribution in [1.29, 1.82) is 0 Å². The highest BCUT2D eigenvalue weighted by atomic mass is 16.3. The van der Waals surface area contributed by atoms with Gasteiger partial charge in [-0.05, 0) is 37.0 Å². The molecule has 2 aromatic heterocycles. The van der Waals surface area contributed by atoms with Crippen LogP contribution in [0.2, 0.25) is 0 Å². The average Bonchev–Trinajstić information content (AvgIpc) is 2.72. The van der Waals surface area contributed by atoms with Crippen molar-refractivity contribution in [2.24, 2.45) is 0 Å². The van der Waals surface area contributed by atoms with Crippen molar-refractivity contribution in [2.45, 2.75) is 31.3 Å². The highest BCUT2D eigenvalue weighted by molar-refractivity contribution is 5.79. The monoisotopic (exact) mass is 231 g/mol. The van der Waals surface area contributed by atoms with Crippen LogP contribution in [0, 0.1) is 0 Å². The lowest BCUT2D eigenvalue weighted by Crippen LogP contribution is -2.53. The smallest absolute Gasteiger partial charge is 0.137 e. The fourth-order valence-corrected chi connectivity index (χ4v) is 2.44. The van der Waals surface area contributed by atoms with Crippen LogP contribution >= 0.6 is 0 Å². The summed E-state index contributed by atoms with van der Waals surface area (Å²) < 4.78 is 0. The molecule has 0 amide bonds. The lowest BCUT2D eigenvalue weighted by atomic mass is 9.77. The molecule has 0 saturated heterocycles. The van der Waals surface area contributed by atoms with Crippen LogP contribution in [0.4, 0.5) is 0 Å². The fourth-order valence-electron chi connectivity index (χ4n) is 2.44. The molecule has 17 heavy (non-hydrogen) atoms. The number of pyridine rings is 1. The van der Waals surface area contributed by atoms with Crippen LogP contribution in [0.5, 0.6) is 0 Å². The molecule has 3 rings (SSSR count). The molecule has 0 radical (unpaired) electrons. The van der Waals surface area contributed by atoms with Gasteiger partial charge in [-0.25, -0.2) is 4.98 Å². The van der Waals surface area contributed by atoms with Crippen LogP contribution < -0.4 is 5.32 Å². The van der Waals surface area contributed by atoms with Gasteiger partial charge in [-0.1, -0.05) is 0 Å². The molecule has 3 N–H and O–H groups in total. The molecule has 2 heterocycles. The minimum absolute atomic E-state index is 0.0359. The second-order valence-electron chi connectivity index (χ2n) is 4.86. The van der Waals surface area contributed by atoms with Crippen molar-refractivity contribution < 1.29 is 5.11 Å². The zero-order valence-corrected chi connectivity index (χ0v) is 9.74. The van der Waals surface area contributed by atoms with Crippen molar-refractivity contribution >= 4 is 11.0 Å². The number of aliphatic hydroxyl groups excluding tert-OH is 1. The van der Waals surface area contributed by atoms with Gasteiger partial charge in [-0.2, -0.15) is 0 Å². The van der Waals surface area contributed by atoms with Crippen molar-refractivity contribution in [3.8, 4) is 0 Å². The van der Waals surface area contributed by atoms with Gasteiger partial charge in [0.1, 0.15) is 5.65 Å². The number of hydrogen-bond acceptors (Lipinski definition) is 3. The Morgan fingerprint density at radius 3 is 3.06 bits per heavy atom. The Balaban J connectivity index is 1.77. The summed E-state index contributed by atoms with van der Waals surface area (Å²) in [7, 11) is 0. The third kappa shape index (κ3) is 1.83. The lowest BCUT2D eigenvalue weighted by molar-refractivity contribution is 0.0873. The molecule has 0 aromatic carbocycles. The van der Waals surface area contributed by atoms with Gasteiger partial charge in [0.2, 0.25) is 0 Å². The van der Waals surface area contributed by atoms with Gasteiger partial charge in [-0.3, -0.25) is 0 Å². The lowest BCUT2D eigenvalue weighted by Gasteiger charge is -2.41. The van der Waals surface area contributed by atoms with E-state index in [1.165, 1.54) is 12.0 Å². The van der Waals surface area contributed by atoms with Crippen LogP contribution in [-0.2, 0) is 6.54 Å². The maximum Gasteiger partial charge on any atom is 0.137 e. The number of aromatic amines is 1. The number of rotatable bonds is 4. The van der Waals surface area contributed by atoms with E-state index in [9.17, 15) is 5.11 Å². The molecule has 1 saturated carbocycles. The molecule has 0 unspecified atom stereocenters. The zero-order chi connectivity index (χ0) is 11.7. The maximum atomic E-state index is 9.40. The Morgan fingerprint density at radius 2 is 2.35 bits per heavy atom. The molecule has 0 atom stereocenters. The number of fused-ring (bicyclic) bond motifs is 1. The molecular formula is C13H17N3O. The van der Waals surface area contributed by atoms with Gasteiger partial charge in [0.15, 0.2) is 0 Å². The van der Waals surface area contributed by atoms with Crippen LogP contribution in [0.15, 0.2) is 24.5 Å². The van der Waals surface area contributed by atoms with E-state index in [1.54, 1.807) is 6.20 Å². The highest BCUT2D eigenvalue weighted by Crippen LogP contribution is 2.31. The van der Waals surface area contributed by atoms with Crippen LogP contribution in [0.25, 0.3) is 11.0 Å². The quantitative estimate of drug-likeness (QED) is 0.748. The first-order chi connectivity index (χ1) is 8.33. The van der Waals surface area contributed by atoms with Gasteiger partial charge < -0.3 is 15.4 Å². The summed E-state index contributed by atoms with van der Waals surface area (Å²) in [6, 6.07) is 4.02. The summed E-state index contributed by atoms with van der Waals surface area (Å²) in [5.74, 6) is 0. The number of aromatic nitrogens is 2. The summed E-state index contributed by atoms with van der Waals surface area (Å²) in [5.41, 5.74) is 2.11. The molecule has 4 heteroatoms. The third-order valence-electron chi connectivity index (χ3n) is 3.80. The largest absolute Gasteiger partial charge is 0.394 e. The summed E-state index contributed by atoms with van der Waals surface area (Å²) >= 11 is 0. The summed E-state index contributed by atoms with van der Waals surface area (Å²) in [4.78, 5) is 7.43. The average molecular weight is 231 g/mol. The predicted octanol–water partition coefficient (Wildman–Crippen LogP) is 1.57. The maximum absolute atomic E-state index is 9.40. The molecule has 0 aliphatic heterocycles. The second kappa shape index (κ2) is 4.13. The van der Waals surface area contributed by atoms with E-state index >= 15 is 0 Å². The van der Waals surface area contributed by atoms with E-state index in [2.05, 4.69) is 21.4 Å². The number of aliphatic hydroxyl groups is 1. The van der Waals surface area contributed by atoms with Crippen molar-refractivity contribution in [3.05, 3.63) is 30.1 Å². The van der Waals surface area contributed by atoms with Gasteiger partial charge in [0, 0.05) is 29.9 Å². The Morgan fingerprint density at radius 1 is 1.47 bits per heavy atom. The molecule has 1 aliphatic carbocycles. The molecule has 1 aliphatic rings. The molecular weight excluding hydrogens is 214 g/mol. The Hall–Kier alpha value is -1.39. The molecule has 4 nitrogen and oxygen atoms in total. The van der Waals surface area contributed by atoms with E-state index in [4.69, 9.17) is 0 Å². The zero-order valence-electron chi connectivity index (χ0n) is 9.74. The summed E-state index contributed by atoms with van der Waals surface area (Å²) in [6.45, 7) is 1.01. The Bertz CT molecular complexity index is 511. The molecule has 90 valence electrons. The van der Waals surface area contributed by atoms with Crippen molar-refractivity contribution in [2.75, 3.05) is 6.61 Å². The predicted molar refractivity (Wildman–Crippen MR) is 66.6 cm³/mol. The van der Waals surface area contributed by atoms with E-state index in [-0.39, 0.29) is 12.1 Å².